The number of para-hydroxylation sites is 1. The van der Waals surface area contributed by atoms with Crippen LogP contribution in [0.3, 0.4) is 0 Å². The maximum absolute atomic E-state index is 5.69. The first-order chi connectivity index (χ1) is 9.76. The summed E-state index contributed by atoms with van der Waals surface area (Å²) in [5.41, 5.74) is 7.71. The number of nitrogen functional groups attached to an aromatic ring is 1. The van der Waals surface area contributed by atoms with Crippen LogP contribution in [0.2, 0.25) is 0 Å². The molecule has 3 aromatic rings. The van der Waals surface area contributed by atoms with Crippen LogP contribution in [0.4, 0.5) is 5.69 Å². The zero-order valence-corrected chi connectivity index (χ0v) is 10.8. The second-order valence-corrected chi connectivity index (χ2v) is 4.10. The molecule has 1 heterocycles. The molecule has 0 aliphatic carbocycles. The summed E-state index contributed by atoms with van der Waals surface area (Å²) in [5, 5.41) is 7.98. The Bertz CT molecular complexity index is 761. The molecule has 0 spiro atoms. The molecule has 0 bridgehead atoms. The molecular weight excluding hydrogens is 256 g/mol. The molecule has 2 aromatic carbocycles. The van der Waals surface area contributed by atoms with Gasteiger partial charge in [0, 0.05) is 11.8 Å². The third-order valence-electron chi connectivity index (χ3n) is 2.73. The second kappa shape index (κ2) is 5.00. The van der Waals surface area contributed by atoms with E-state index in [0.717, 1.165) is 0 Å². The van der Waals surface area contributed by atoms with E-state index < -0.39 is 0 Å². The summed E-state index contributed by atoms with van der Waals surface area (Å²) in [6, 6.07) is 12.7. The van der Waals surface area contributed by atoms with Gasteiger partial charge in [-0.2, -0.15) is 4.98 Å². The van der Waals surface area contributed by atoms with Gasteiger partial charge >= 0.3 is 6.01 Å². The van der Waals surface area contributed by atoms with E-state index in [4.69, 9.17) is 15.2 Å². The van der Waals surface area contributed by atoms with Gasteiger partial charge < -0.3 is 15.2 Å². The molecule has 0 saturated heterocycles. The van der Waals surface area contributed by atoms with Crippen LogP contribution in [0.5, 0.6) is 17.5 Å². The van der Waals surface area contributed by atoms with Gasteiger partial charge in [-0.15, -0.1) is 5.10 Å². The minimum atomic E-state index is 0.159. The van der Waals surface area contributed by atoms with Gasteiger partial charge in [0.2, 0.25) is 0 Å². The number of rotatable bonds is 3. The van der Waals surface area contributed by atoms with Crippen molar-refractivity contribution in [3.63, 3.8) is 0 Å². The van der Waals surface area contributed by atoms with Crippen molar-refractivity contribution in [2.75, 3.05) is 12.8 Å². The van der Waals surface area contributed by atoms with Gasteiger partial charge in [0.1, 0.15) is 5.52 Å². The summed E-state index contributed by atoms with van der Waals surface area (Å²) in [6.07, 6.45) is 0. The number of hydrogen-bond donors (Lipinski definition) is 1. The number of aromatic nitrogens is 3. The van der Waals surface area contributed by atoms with Crippen LogP contribution in [0.25, 0.3) is 11.0 Å². The van der Waals surface area contributed by atoms with Gasteiger partial charge in [-0.05, 0) is 24.3 Å². The summed E-state index contributed by atoms with van der Waals surface area (Å²) in [6.45, 7) is 0. The highest BCUT2D eigenvalue weighted by atomic mass is 16.5. The predicted octanol–water partition coefficient (Wildman–Crippen LogP) is 2.41. The fourth-order valence-electron chi connectivity index (χ4n) is 1.78. The Morgan fingerprint density at radius 3 is 2.55 bits per heavy atom. The summed E-state index contributed by atoms with van der Waals surface area (Å²) < 4.78 is 10.8. The molecule has 0 fully saturated rings. The third kappa shape index (κ3) is 2.31. The van der Waals surface area contributed by atoms with E-state index in [0.29, 0.717) is 28.2 Å². The molecule has 6 heteroatoms. The first-order valence-electron chi connectivity index (χ1n) is 5.97. The number of fused-ring (bicyclic) bond motifs is 1. The van der Waals surface area contributed by atoms with Crippen LogP contribution in [-0.4, -0.2) is 22.3 Å². The Morgan fingerprint density at radius 2 is 1.75 bits per heavy atom. The predicted molar refractivity (Wildman–Crippen MR) is 74.8 cm³/mol. The molecule has 3 rings (SSSR count). The first kappa shape index (κ1) is 12.2. The van der Waals surface area contributed by atoms with E-state index in [1.165, 1.54) is 0 Å². The van der Waals surface area contributed by atoms with E-state index in [1.54, 1.807) is 25.3 Å². The van der Waals surface area contributed by atoms with Crippen LogP contribution >= 0.6 is 0 Å². The summed E-state index contributed by atoms with van der Waals surface area (Å²) >= 11 is 0. The second-order valence-electron chi connectivity index (χ2n) is 4.10. The molecule has 100 valence electrons. The average molecular weight is 268 g/mol. The Balaban J connectivity index is 1.96. The molecule has 0 atom stereocenters. The van der Waals surface area contributed by atoms with E-state index >= 15 is 0 Å². The summed E-state index contributed by atoms with van der Waals surface area (Å²) in [7, 11) is 1.54. The molecule has 20 heavy (non-hydrogen) atoms. The van der Waals surface area contributed by atoms with Gasteiger partial charge in [-0.1, -0.05) is 17.2 Å². The lowest BCUT2D eigenvalue weighted by Crippen LogP contribution is -1.97. The molecule has 0 saturated carbocycles. The number of ether oxygens (including phenoxy) is 2. The molecule has 0 radical (unpaired) electrons. The molecule has 1 aromatic heterocycles. The standard InChI is InChI=1S/C14H12N4O2/c1-19-13-8-9(15)6-7-12(13)20-14-16-10-4-2-3-5-11(10)17-18-14/h2-8H,15H2,1H3. The minimum Gasteiger partial charge on any atom is -0.493 e. The fraction of sp³-hybridized carbons (Fsp3) is 0.0714. The maximum Gasteiger partial charge on any atom is 0.341 e. The van der Waals surface area contributed by atoms with Crippen LogP contribution in [0.15, 0.2) is 42.5 Å². The van der Waals surface area contributed by atoms with E-state index in [9.17, 15) is 0 Å². The highest BCUT2D eigenvalue weighted by Crippen LogP contribution is 2.31. The van der Waals surface area contributed by atoms with Gasteiger partial charge in [0.25, 0.3) is 0 Å². The number of benzene rings is 2. The summed E-state index contributed by atoms with van der Waals surface area (Å²) in [5.74, 6) is 1.00. The van der Waals surface area contributed by atoms with E-state index in [2.05, 4.69) is 15.2 Å². The zero-order chi connectivity index (χ0) is 13.9. The largest absolute Gasteiger partial charge is 0.493 e. The van der Waals surface area contributed by atoms with Crippen molar-refractivity contribution >= 4 is 16.7 Å². The summed E-state index contributed by atoms with van der Waals surface area (Å²) in [4.78, 5) is 4.29. The molecule has 0 aliphatic rings. The lowest BCUT2D eigenvalue weighted by Gasteiger charge is -2.09. The highest BCUT2D eigenvalue weighted by molar-refractivity contribution is 5.73. The number of nitrogens with two attached hydrogens (primary N) is 1. The Hall–Kier alpha value is -2.89. The minimum absolute atomic E-state index is 0.159. The smallest absolute Gasteiger partial charge is 0.341 e. The van der Waals surface area contributed by atoms with Crippen molar-refractivity contribution in [3.8, 4) is 17.5 Å². The lowest BCUT2D eigenvalue weighted by atomic mass is 10.3. The van der Waals surface area contributed by atoms with Crippen molar-refractivity contribution < 1.29 is 9.47 Å². The Kier molecular flexibility index (Phi) is 3.04. The molecule has 0 unspecified atom stereocenters. The normalized spacial score (nSPS) is 10.4. The van der Waals surface area contributed by atoms with Crippen molar-refractivity contribution in [2.24, 2.45) is 0 Å². The van der Waals surface area contributed by atoms with Crippen molar-refractivity contribution in [3.05, 3.63) is 42.5 Å². The number of nitrogens with zero attached hydrogens (tertiary/aromatic N) is 3. The third-order valence-corrected chi connectivity index (χ3v) is 2.73. The van der Waals surface area contributed by atoms with Crippen molar-refractivity contribution in [1.82, 2.24) is 15.2 Å². The SMILES string of the molecule is COc1cc(N)ccc1Oc1nnc2ccccc2n1. The molecule has 2 N–H and O–H groups in total. The highest BCUT2D eigenvalue weighted by Gasteiger charge is 2.09. The Morgan fingerprint density at radius 1 is 0.950 bits per heavy atom. The first-order valence-corrected chi connectivity index (χ1v) is 5.97. The van der Waals surface area contributed by atoms with Crippen LogP contribution in [-0.2, 0) is 0 Å². The number of anilines is 1. The zero-order valence-electron chi connectivity index (χ0n) is 10.8. The number of methoxy groups -OCH3 is 1. The van der Waals surface area contributed by atoms with Gasteiger partial charge in [-0.3, -0.25) is 0 Å². The quantitative estimate of drug-likeness (QED) is 0.734. The van der Waals surface area contributed by atoms with Gasteiger partial charge in [0.05, 0.1) is 12.6 Å². The molecule has 0 aliphatic heterocycles. The van der Waals surface area contributed by atoms with Crippen LogP contribution < -0.4 is 15.2 Å². The van der Waals surface area contributed by atoms with Gasteiger partial charge in [0.15, 0.2) is 11.5 Å². The lowest BCUT2D eigenvalue weighted by molar-refractivity contribution is 0.367. The molecule has 0 amide bonds. The van der Waals surface area contributed by atoms with Crippen LogP contribution in [0, 0.1) is 0 Å². The average Bonchev–Trinajstić information content (AvgIpc) is 2.49. The van der Waals surface area contributed by atoms with Crippen LogP contribution in [0.1, 0.15) is 0 Å². The van der Waals surface area contributed by atoms with Gasteiger partial charge in [-0.25, -0.2) is 0 Å². The van der Waals surface area contributed by atoms with Crippen molar-refractivity contribution in [1.29, 1.82) is 0 Å². The van der Waals surface area contributed by atoms with E-state index in [1.807, 2.05) is 24.3 Å². The monoisotopic (exact) mass is 268 g/mol. The Labute approximate surface area is 115 Å². The van der Waals surface area contributed by atoms with Crippen molar-refractivity contribution in [2.45, 2.75) is 0 Å². The van der Waals surface area contributed by atoms with E-state index in [-0.39, 0.29) is 6.01 Å². The fourth-order valence-corrected chi connectivity index (χ4v) is 1.78. The molecule has 6 nitrogen and oxygen atoms in total. The topological polar surface area (TPSA) is 83.2 Å². The number of hydrogen-bond acceptors (Lipinski definition) is 6. The molecular formula is C14H12N4O2. The maximum atomic E-state index is 5.69.